The third-order valence-corrected chi connectivity index (χ3v) is 2.46. The molecule has 2 rings (SSSR count). The van der Waals surface area contributed by atoms with Gasteiger partial charge in [0.05, 0.1) is 39.5 Å². The van der Waals surface area contributed by atoms with Gasteiger partial charge >= 0.3 is 0 Å². The molecular formula is C9H18N2O3S. The summed E-state index contributed by atoms with van der Waals surface area (Å²) in [5.41, 5.74) is 0. The first-order valence-electron chi connectivity index (χ1n) is 5.24. The first-order valence-corrected chi connectivity index (χ1v) is 5.64. The Morgan fingerprint density at radius 1 is 1.07 bits per heavy atom. The number of carbonyl (C=O) groups excluding carboxylic acids is 1. The van der Waals surface area contributed by atoms with Gasteiger partial charge in [-0.1, -0.05) is 0 Å². The maximum absolute atomic E-state index is 10.5. The average Bonchev–Trinajstić information content (AvgIpc) is 2.33. The molecule has 15 heavy (non-hydrogen) atoms. The molecule has 2 aliphatic rings. The molecule has 2 heterocycles. The summed E-state index contributed by atoms with van der Waals surface area (Å²) >= 11 is 4.43. The molecule has 6 heteroatoms. The van der Waals surface area contributed by atoms with Crippen molar-refractivity contribution in [2.45, 2.75) is 0 Å². The molecule has 0 bridgehead atoms. The molecule has 0 radical (unpaired) electrons. The lowest BCUT2D eigenvalue weighted by Crippen LogP contribution is -2.87. The molecule has 2 fully saturated rings. The minimum absolute atomic E-state index is 0.265. The van der Waals surface area contributed by atoms with Gasteiger partial charge in [-0.15, -0.1) is 0 Å². The van der Waals surface area contributed by atoms with E-state index < -0.39 is 0 Å². The third kappa shape index (κ3) is 5.88. The highest BCUT2D eigenvalue weighted by Gasteiger charge is 2.07. The Kier molecular flexibility index (Phi) is 6.58. The fourth-order valence-electron chi connectivity index (χ4n) is 1.33. The minimum Gasteiger partial charge on any atom is -0.719 e. The van der Waals surface area contributed by atoms with Crippen LogP contribution in [0.5, 0.6) is 0 Å². The van der Waals surface area contributed by atoms with Crippen LogP contribution in [0, 0.1) is 0 Å². The van der Waals surface area contributed by atoms with Gasteiger partial charge in [0.15, 0.2) is 0 Å². The van der Waals surface area contributed by atoms with Gasteiger partial charge in [-0.05, 0) is 0 Å². The summed E-state index contributed by atoms with van der Waals surface area (Å²) in [6.45, 7) is 6.76. The zero-order valence-electron chi connectivity index (χ0n) is 8.81. The van der Waals surface area contributed by atoms with Crippen LogP contribution in [0.1, 0.15) is 0 Å². The van der Waals surface area contributed by atoms with E-state index in [0.717, 1.165) is 26.3 Å². The van der Waals surface area contributed by atoms with Gasteiger partial charge in [0.25, 0.3) is 0 Å². The molecule has 2 saturated heterocycles. The fourth-order valence-corrected chi connectivity index (χ4v) is 1.51. The second kappa shape index (κ2) is 7.81. The zero-order valence-corrected chi connectivity index (χ0v) is 9.63. The van der Waals surface area contributed by atoms with Crippen molar-refractivity contribution in [3.8, 4) is 0 Å². The van der Waals surface area contributed by atoms with Crippen LogP contribution in [0.2, 0.25) is 0 Å². The molecule has 0 aromatic rings. The van der Waals surface area contributed by atoms with Gasteiger partial charge < -0.3 is 37.1 Å². The minimum atomic E-state index is -0.265. The van der Waals surface area contributed by atoms with Crippen LogP contribution in [0.4, 0.5) is 4.79 Å². The summed E-state index contributed by atoms with van der Waals surface area (Å²) < 4.78 is 10.0. The van der Waals surface area contributed by atoms with Crippen molar-refractivity contribution in [1.82, 2.24) is 4.90 Å². The smallest absolute Gasteiger partial charge is 0.101 e. The molecule has 0 saturated carbocycles. The molecule has 2 aliphatic heterocycles. The summed E-state index contributed by atoms with van der Waals surface area (Å²) in [4.78, 5) is 12.1. The fraction of sp³-hybridized carbons (Fsp3) is 0.889. The molecule has 0 atom stereocenters. The summed E-state index contributed by atoms with van der Waals surface area (Å²) in [5, 5.41) is 2.00. The van der Waals surface area contributed by atoms with Crippen molar-refractivity contribution in [3.05, 3.63) is 0 Å². The number of ether oxygens (including phenoxy) is 2. The molecule has 88 valence electrons. The quantitative estimate of drug-likeness (QED) is 0.522. The number of morpholine rings is 2. The number of amides is 1. The number of hydrogen-bond acceptors (Lipinski definition) is 4. The lowest BCUT2D eigenvalue weighted by molar-refractivity contribution is -0.670. The third-order valence-electron chi connectivity index (χ3n) is 2.20. The maximum Gasteiger partial charge on any atom is 0.101 e. The number of hydrogen-bond donors (Lipinski definition) is 1. The molecule has 1 amide bonds. The Morgan fingerprint density at radius 3 is 1.87 bits per heavy atom. The average molecular weight is 234 g/mol. The Hall–Kier alpha value is -0.430. The lowest BCUT2D eigenvalue weighted by Gasteiger charge is -2.29. The predicted octanol–water partition coefficient (Wildman–Crippen LogP) is -1.43. The van der Waals surface area contributed by atoms with Crippen molar-refractivity contribution in [3.63, 3.8) is 0 Å². The van der Waals surface area contributed by atoms with Crippen LogP contribution < -0.4 is 5.32 Å². The second-order valence-electron chi connectivity index (χ2n) is 3.34. The first kappa shape index (κ1) is 12.6. The van der Waals surface area contributed by atoms with E-state index in [1.54, 1.807) is 4.90 Å². The molecule has 0 spiro atoms. The molecule has 0 aromatic heterocycles. The molecule has 0 aromatic carbocycles. The van der Waals surface area contributed by atoms with E-state index in [1.807, 2.05) is 0 Å². The Bertz CT molecular complexity index is 171. The van der Waals surface area contributed by atoms with Crippen LogP contribution >= 0.6 is 0 Å². The number of rotatable bonds is 0. The molecule has 5 nitrogen and oxygen atoms in total. The van der Waals surface area contributed by atoms with Crippen molar-refractivity contribution in [2.75, 3.05) is 52.6 Å². The summed E-state index contributed by atoms with van der Waals surface area (Å²) in [5.74, 6) is 0. The van der Waals surface area contributed by atoms with Crippen LogP contribution in [-0.4, -0.2) is 62.7 Å². The van der Waals surface area contributed by atoms with Gasteiger partial charge in [-0.2, -0.15) is 0 Å². The Labute approximate surface area is 95.5 Å². The van der Waals surface area contributed by atoms with Gasteiger partial charge in [-0.3, -0.25) is 0 Å². The lowest BCUT2D eigenvalue weighted by atomic mass is 10.5. The second-order valence-corrected chi connectivity index (χ2v) is 3.69. The monoisotopic (exact) mass is 234 g/mol. The highest BCUT2D eigenvalue weighted by Crippen LogP contribution is 1.96. The summed E-state index contributed by atoms with van der Waals surface area (Å²) in [6, 6.07) is 0. The van der Waals surface area contributed by atoms with Crippen molar-refractivity contribution >= 4 is 17.9 Å². The highest BCUT2D eigenvalue weighted by atomic mass is 32.1. The molecular weight excluding hydrogens is 216 g/mol. The standard InChI is InChI=1S/C5H9NO2S.C4H9NO/c7-5(9)6-1-3-8-4-2-6;1-3-6-4-2-5-1/h1-4H2,(H,7,9);5H,1-4H2. The number of nitrogens with two attached hydrogens (primary N) is 1. The van der Waals surface area contributed by atoms with E-state index in [0.29, 0.717) is 26.3 Å². The maximum atomic E-state index is 10.5. The van der Waals surface area contributed by atoms with E-state index in [2.05, 4.69) is 17.9 Å². The van der Waals surface area contributed by atoms with Gasteiger partial charge in [0.2, 0.25) is 0 Å². The normalized spacial score (nSPS) is 21.5. The Morgan fingerprint density at radius 2 is 1.60 bits per heavy atom. The van der Waals surface area contributed by atoms with Crippen LogP contribution in [0.15, 0.2) is 0 Å². The van der Waals surface area contributed by atoms with Crippen molar-refractivity contribution < 1.29 is 19.6 Å². The molecule has 2 N–H and O–H groups in total. The first-order chi connectivity index (χ1) is 7.30. The zero-order chi connectivity index (χ0) is 10.9. The van der Waals surface area contributed by atoms with Gasteiger partial charge in [0, 0.05) is 13.1 Å². The largest absolute Gasteiger partial charge is 0.719 e. The predicted molar refractivity (Wildman–Crippen MR) is 57.6 cm³/mol. The highest BCUT2D eigenvalue weighted by molar-refractivity contribution is 7.76. The van der Waals surface area contributed by atoms with Crippen LogP contribution in [0.3, 0.4) is 0 Å². The topological polar surface area (TPSA) is 55.4 Å². The Balaban J connectivity index is 0.000000162. The van der Waals surface area contributed by atoms with E-state index in [4.69, 9.17) is 9.47 Å². The summed E-state index contributed by atoms with van der Waals surface area (Å²) in [6.07, 6.45) is 0. The summed E-state index contributed by atoms with van der Waals surface area (Å²) in [7, 11) is 0. The van der Waals surface area contributed by atoms with E-state index in [-0.39, 0.29) is 5.24 Å². The molecule has 0 aliphatic carbocycles. The van der Waals surface area contributed by atoms with Crippen molar-refractivity contribution in [2.24, 2.45) is 0 Å². The van der Waals surface area contributed by atoms with E-state index in [1.165, 1.54) is 0 Å². The van der Waals surface area contributed by atoms with E-state index in [9.17, 15) is 4.79 Å². The van der Waals surface area contributed by atoms with Crippen molar-refractivity contribution in [1.29, 1.82) is 0 Å². The SMILES string of the molecule is C1COCC[NH2+]1.O=C([S-])N1CCOCC1. The van der Waals surface area contributed by atoms with Crippen LogP contribution in [0.25, 0.3) is 0 Å². The number of nitrogens with zero attached hydrogens (tertiary/aromatic N) is 1. The van der Waals surface area contributed by atoms with E-state index >= 15 is 0 Å². The number of quaternary nitrogens is 1. The number of carbonyl (C=O) groups is 1. The van der Waals surface area contributed by atoms with Crippen LogP contribution in [-0.2, 0) is 22.1 Å². The van der Waals surface area contributed by atoms with Gasteiger partial charge in [0.1, 0.15) is 5.24 Å². The van der Waals surface area contributed by atoms with Gasteiger partial charge in [-0.25, -0.2) is 0 Å². The molecule has 0 unspecified atom stereocenters.